The van der Waals surface area contributed by atoms with E-state index in [0.29, 0.717) is 6.42 Å². The Kier molecular flexibility index (Phi) is 45.9. The third kappa shape index (κ3) is 39.5. The van der Waals surface area contributed by atoms with Crippen molar-refractivity contribution in [2.45, 2.75) is 236 Å². The molecule has 7 atom stereocenters. The molecule has 0 bridgehead atoms. The van der Waals surface area contributed by atoms with E-state index in [1.807, 2.05) is 6.08 Å². The Morgan fingerprint density at radius 2 is 0.887 bits per heavy atom. The molecule has 9 nitrogen and oxygen atoms in total. The second kappa shape index (κ2) is 49.9. The summed E-state index contributed by atoms with van der Waals surface area (Å²) in [5.41, 5.74) is 0. The van der Waals surface area contributed by atoms with E-state index in [0.717, 1.165) is 116 Å². The fourth-order valence-corrected chi connectivity index (χ4v) is 7.80. The molecule has 7 unspecified atom stereocenters. The molecule has 1 heterocycles. The summed E-state index contributed by atoms with van der Waals surface area (Å²) in [6.45, 7) is 3.54. The molecule has 6 N–H and O–H groups in total. The van der Waals surface area contributed by atoms with E-state index in [4.69, 9.17) is 9.47 Å². The predicted molar refractivity (Wildman–Crippen MR) is 299 cm³/mol. The number of unbranched alkanes of at least 4 members (excludes halogenated alkanes) is 15. The molecule has 9 heteroatoms. The van der Waals surface area contributed by atoms with Crippen molar-refractivity contribution >= 4 is 5.91 Å². The minimum Gasteiger partial charge on any atom is -0.394 e. The van der Waals surface area contributed by atoms with Gasteiger partial charge in [0, 0.05) is 6.42 Å². The average molecular weight is 988 g/mol. The lowest BCUT2D eigenvalue weighted by molar-refractivity contribution is -0.302. The smallest absolute Gasteiger partial charge is 0.220 e. The molecular formula is C62H101NO8. The minimum atomic E-state index is -1.58. The first-order chi connectivity index (χ1) is 34.8. The van der Waals surface area contributed by atoms with Gasteiger partial charge in [-0.1, -0.05) is 218 Å². The van der Waals surface area contributed by atoms with E-state index < -0.39 is 49.5 Å². The SMILES string of the molecule is CC/C=C\C/C=C\C/C=C\C/C=C\C/C=C\C/C=C\C/C=C\C/C=C\CCCCCCCCCCCCCCC(=O)NC(COC1OC(CO)C(O)C(O)C1O)C(O)/C=C/CC/C=C/CC/C=C/CCC. The number of hydrogen-bond acceptors (Lipinski definition) is 8. The van der Waals surface area contributed by atoms with Gasteiger partial charge in [0.15, 0.2) is 6.29 Å². The number of hydrogen-bond donors (Lipinski definition) is 6. The lowest BCUT2D eigenvalue weighted by atomic mass is 9.99. The van der Waals surface area contributed by atoms with Gasteiger partial charge in [0.1, 0.15) is 24.4 Å². The van der Waals surface area contributed by atoms with E-state index in [1.165, 1.54) is 57.8 Å². The van der Waals surface area contributed by atoms with Crippen molar-refractivity contribution in [2.75, 3.05) is 13.2 Å². The maximum absolute atomic E-state index is 13.0. The molecular weight excluding hydrogens is 887 g/mol. The van der Waals surface area contributed by atoms with Crippen molar-refractivity contribution in [1.29, 1.82) is 0 Å². The van der Waals surface area contributed by atoms with Crippen molar-refractivity contribution in [1.82, 2.24) is 5.32 Å². The topological polar surface area (TPSA) is 149 Å². The molecule has 1 aliphatic rings. The van der Waals surface area contributed by atoms with Crippen LogP contribution >= 0.6 is 0 Å². The van der Waals surface area contributed by atoms with E-state index in [2.05, 4.69) is 141 Å². The molecule has 1 fully saturated rings. The number of nitrogens with one attached hydrogen (secondary N) is 1. The molecule has 0 aromatic heterocycles. The van der Waals surface area contributed by atoms with E-state index in [1.54, 1.807) is 6.08 Å². The van der Waals surface area contributed by atoms with Gasteiger partial charge in [0.25, 0.3) is 0 Å². The highest BCUT2D eigenvalue weighted by Gasteiger charge is 2.44. The van der Waals surface area contributed by atoms with Crippen molar-refractivity contribution < 1.29 is 39.8 Å². The van der Waals surface area contributed by atoms with Crippen LogP contribution in [0.15, 0.2) is 134 Å². The summed E-state index contributed by atoms with van der Waals surface area (Å²) in [7, 11) is 0. The first-order valence-electron chi connectivity index (χ1n) is 27.9. The predicted octanol–water partition coefficient (Wildman–Crippen LogP) is 13.7. The van der Waals surface area contributed by atoms with Crippen LogP contribution in [0.3, 0.4) is 0 Å². The minimum absolute atomic E-state index is 0.202. The molecule has 0 aromatic carbocycles. The molecule has 402 valence electrons. The average Bonchev–Trinajstić information content (AvgIpc) is 3.37. The second-order valence-corrected chi connectivity index (χ2v) is 18.6. The third-order valence-electron chi connectivity index (χ3n) is 12.2. The summed E-state index contributed by atoms with van der Waals surface area (Å²) in [5.74, 6) is -0.202. The van der Waals surface area contributed by atoms with Crippen molar-refractivity contribution in [3.05, 3.63) is 134 Å². The number of ether oxygens (including phenoxy) is 2. The lowest BCUT2D eigenvalue weighted by Crippen LogP contribution is -2.60. The van der Waals surface area contributed by atoms with Gasteiger partial charge < -0.3 is 40.3 Å². The zero-order valence-corrected chi connectivity index (χ0v) is 44.4. The van der Waals surface area contributed by atoms with Crippen LogP contribution in [0.5, 0.6) is 0 Å². The molecule has 0 aliphatic carbocycles. The van der Waals surface area contributed by atoms with Crippen molar-refractivity contribution in [3.63, 3.8) is 0 Å². The first kappa shape index (κ1) is 65.3. The van der Waals surface area contributed by atoms with Crippen LogP contribution in [0.1, 0.15) is 194 Å². The van der Waals surface area contributed by atoms with E-state index in [-0.39, 0.29) is 12.5 Å². The summed E-state index contributed by atoms with van der Waals surface area (Å²) in [4.78, 5) is 13.0. The Morgan fingerprint density at radius 1 is 0.493 bits per heavy atom. The molecule has 0 radical (unpaired) electrons. The van der Waals surface area contributed by atoms with Crippen molar-refractivity contribution in [3.8, 4) is 0 Å². The van der Waals surface area contributed by atoms with Gasteiger partial charge in [0.2, 0.25) is 5.91 Å². The highest BCUT2D eigenvalue weighted by atomic mass is 16.7. The van der Waals surface area contributed by atoms with Crippen LogP contribution in [0.2, 0.25) is 0 Å². The van der Waals surface area contributed by atoms with Gasteiger partial charge in [-0.15, -0.1) is 0 Å². The van der Waals surface area contributed by atoms with Gasteiger partial charge in [-0.25, -0.2) is 0 Å². The molecule has 0 aromatic rings. The Labute approximate surface area is 432 Å². The van der Waals surface area contributed by atoms with Gasteiger partial charge >= 0.3 is 0 Å². The largest absolute Gasteiger partial charge is 0.394 e. The Hall–Kier alpha value is -3.67. The number of carbonyl (C=O) groups is 1. The van der Waals surface area contributed by atoms with Crippen LogP contribution in [0, 0.1) is 0 Å². The van der Waals surface area contributed by atoms with Crippen LogP contribution in [-0.2, 0) is 14.3 Å². The Bertz CT molecular complexity index is 1570. The fraction of sp³-hybridized carbons (Fsp3) is 0.629. The third-order valence-corrected chi connectivity index (χ3v) is 12.2. The summed E-state index contributed by atoms with van der Waals surface area (Å²) < 4.78 is 11.2. The molecule has 71 heavy (non-hydrogen) atoms. The standard InChI is InChI=1S/C62H101NO8/c1-3-5-7-9-11-13-15-16-17-18-19-20-21-22-23-24-25-26-27-28-29-30-31-32-33-34-35-36-37-38-39-40-42-44-46-48-50-52-58(66)63-55(54-70-62-61(69)60(68)59(67)57(53-64)71-62)56(65)51-49-47-45-43-41-14-12-10-8-6-4-2/h5,7-8,10-11,13,16-17,19-20,22-23,25-26,28-29,31-32,41,43,49,51,55-57,59-62,64-65,67-69H,3-4,6,9,12,14-15,18,21,24,27,30,33-40,42,44-48,50,52-54H2,1-2H3,(H,63,66)/b7-5-,10-8+,13-11-,17-16-,20-19-,23-22-,26-25-,29-28-,32-31-,43-41+,51-49+. The monoisotopic (exact) mass is 988 g/mol. The summed E-state index contributed by atoms with van der Waals surface area (Å²) in [6.07, 6.45) is 69.6. The summed E-state index contributed by atoms with van der Waals surface area (Å²) in [6, 6.07) is -0.836. The van der Waals surface area contributed by atoms with E-state index >= 15 is 0 Å². The van der Waals surface area contributed by atoms with Gasteiger partial charge in [-0.05, 0) is 103 Å². The van der Waals surface area contributed by atoms with Gasteiger partial charge in [-0.2, -0.15) is 0 Å². The highest BCUT2D eigenvalue weighted by molar-refractivity contribution is 5.76. The summed E-state index contributed by atoms with van der Waals surface area (Å²) in [5, 5.41) is 54.2. The Morgan fingerprint density at radius 3 is 1.34 bits per heavy atom. The highest BCUT2D eigenvalue weighted by Crippen LogP contribution is 2.22. The zero-order valence-electron chi connectivity index (χ0n) is 44.4. The van der Waals surface area contributed by atoms with Crippen LogP contribution in [0.25, 0.3) is 0 Å². The normalized spacial score (nSPS) is 20.4. The fourth-order valence-electron chi connectivity index (χ4n) is 7.80. The lowest BCUT2D eigenvalue weighted by Gasteiger charge is -2.40. The molecule has 1 saturated heterocycles. The zero-order chi connectivity index (χ0) is 51.5. The van der Waals surface area contributed by atoms with Gasteiger partial charge in [0.05, 0.1) is 25.4 Å². The molecule has 1 amide bonds. The maximum Gasteiger partial charge on any atom is 0.220 e. The quantitative estimate of drug-likeness (QED) is 0.0261. The second-order valence-electron chi connectivity index (χ2n) is 18.6. The first-order valence-corrected chi connectivity index (χ1v) is 27.9. The van der Waals surface area contributed by atoms with Crippen LogP contribution in [0.4, 0.5) is 0 Å². The Balaban J connectivity index is 2.14. The molecule has 1 rings (SSSR count). The van der Waals surface area contributed by atoms with E-state index in [9.17, 15) is 30.3 Å². The van der Waals surface area contributed by atoms with Crippen LogP contribution in [-0.4, -0.2) is 87.5 Å². The number of amides is 1. The number of rotatable bonds is 45. The van der Waals surface area contributed by atoms with Crippen LogP contribution < -0.4 is 5.32 Å². The number of aliphatic hydroxyl groups is 5. The molecule has 1 aliphatic heterocycles. The number of carbonyl (C=O) groups excluding carboxylic acids is 1. The number of aliphatic hydroxyl groups excluding tert-OH is 5. The van der Waals surface area contributed by atoms with Crippen molar-refractivity contribution in [2.24, 2.45) is 0 Å². The van der Waals surface area contributed by atoms with Gasteiger partial charge in [-0.3, -0.25) is 4.79 Å². The summed E-state index contributed by atoms with van der Waals surface area (Å²) >= 11 is 0. The number of allylic oxidation sites excluding steroid dienone is 21. The molecule has 0 saturated carbocycles. The molecule has 0 spiro atoms. The maximum atomic E-state index is 13.0.